The van der Waals surface area contributed by atoms with Crippen LogP contribution in [0.25, 0.3) is 0 Å². The number of ketones is 1. The van der Waals surface area contributed by atoms with Gasteiger partial charge in [0.05, 0.1) is 23.1 Å². The van der Waals surface area contributed by atoms with E-state index in [0.29, 0.717) is 10.4 Å². The number of carbonyl (C=O) groups is 1. The van der Waals surface area contributed by atoms with Gasteiger partial charge in [0.2, 0.25) is 5.78 Å². The molecule has 0 fully saturated rings. The molecule has 1 N–H and O–H groups in total. The van der Waals surface area contributed by atoms with Gasteiger partial charge in [0.15, 0.2) is 21.3 Å². The molecule has 0 bridgehead atoms. The number of aromatic nitrogens is 2. The van der Waals surface area contributed by atoms with E-state index >= 15 is 0 Å². The van der Waals surface area contributed by atoms with E-state index in [2.05, 4.69) is 4.98 Å². The third kappa shape index (κ3) is 3.11. The van der Waals surface area contributed by atoms with Crippen molar-refractivity contribution in [2.75, 3.05) is 12.4 Å². The van der Waals surface area contributed by atoms with Crippen LogP contribution >= 0.6 is 11.6 Å². The van der Waals surface area contributed by atoms with Gasteiger partial charge in [0.25, 0.3) is 0 Å². The Morgan fingerprint density at radius 2 is 2.04 bits per heavy atom. The molecule has 0 aliphatic rings. The molecule has 130 valence electrons. The van der Waals surface area contributed by atoms with Gasteiger partial charge in [0, 0.05) is 5.56 Å². The van der Waals surface area contributed by atoms with Gasteiger partial charge in [0.1, 0.15) is 11.2 Å². The predicted molar refractivity (Wildman–Crippen MR) is 87.9 cm³/mol. The van der Waals surface area contributed by atoms with Crippen molar-refractivity contribution in [3.63, 3.8) is 0 Å². The van der Waals surface area contributed by atoms with Gasteiger partial charge in [-0.2, -0.15) is 4.73 Å². The van der Waals surface area contributed by atoms with Crippen LogP contribution in [-0.2, 0) is 9.84 Å². The highest BCUT2D eigenvalue weighted by Crippen LogP contribution is 2.36. The zero-order chi connectivity index (χ0) is 18.1. The zero-order valence-corrected chi connectivity index (χ0v) is 15.0. The smallest absolute Gasteiger partial charge is 0.216 e. The molecule has 2 aromatic rings. The average Bonchev–Trinajstić information content (AvgIpc) is 2.87. The fourth-order valence-electron chi connectivity index (χ4n) is 2.21. The Bertz CT molecular complexity index is 870. The molecule has 0 atom stereocenters. The second-order valence-electron chi connectivity index (χ2n) is 4.94. The molecule has 0 spiro atoms. The number of aryl methyl sites for hydroxylation is 1. The Balaban J connectivity index is 2.66. The first-order valence-electron chi connectivity index (χ1n) is 7.20. The second kappa shape index (κ2) is 6.82. The van der Waals surface area contributed by atoms with Crippen molar-refractivity contribution in [1.82, 2.24) is 9.71 Å². The Kier molecular flexibility index (Phi) is 5.19. The molecule has 0 saturated carbocycles. The van der Waals surface area contributed by atoms with Crippen molar-refractivity contribution in [3.8, 4) is 5.75 Å². The summed E-state index contributed by atoms with van der Waals surface area (Å²) in [5, 5.41) is 9.60. The van der Waals surface area contributed by atoms with Crippen molar-refractivity contribution in [3.05, 3.63) is 40.4 Å². The maximum atomic E-state index is 12.6. The number of nitrogens with zero attached hydrogens (tertiary/aromatic N) is 2. The van der Waals surface area contributed by atoms with Crippen LogP contribution in [0.4, 0.5) is 0 Å². The predicted octanol–water partition coefficient (Wildman–Crippen LogP) is 2.51. The van der Waals surface area contributed by atoms with Crippen LogP contribution in [-0.4, -0.2) is 41.5 Å². The van der Waals surface area contributed by atoms with Crippen LogP contribution < -0.4 is 4.74 Å². The van der Waals surface area contributed by atoms with Gasteiger partial charge in [-0.3, -0.25) is 4.79 Å². The molecule has 7 nitrogen and oxygen atoms in total. The van der Waals surface area contributed by atoms with Crippen LogP contribution in [0.15, 0.2) is 23.4 Å². The van der Waals surface area contributed by atoms with E-state index in [1.807, 2.05) is 0 Å². The topological polar surface area (TPSA) is 98.5 Å². The Morgan fingerprint density at radius 1 is 1.38 bits per heavy atom. The lowest BCUT2D eigenvalue weighted by Gasteiger charge is -2.14. The lowest BCUT2D eigenvalue weighted by atomic mass is 10.1. The maximum absolute atomic E-state index is 12.6. The van der Waals surface area contributed by atoms with Gasteiger partial charge < -0.3 is 9.94 Å². The number of ether oxygens (including phenoxy) is 1. The summed E-state index contributed by atoms with van der Waals surface area (Å²) in [7, 11) is -3.57. The van der Waals surface area contributed by atoms with Crippen LogP contribution in [0.5, 0.6) is 5.75 Å². The summed E-state index contributed by atoms with van der Waals surface area (Å²) in [6, 6.07) is 2.60. The van der Waals surface area contributed by atoms with Gasteiger partial charge in [-0.05, 0) is 26.0 Å². The third-order valence-corrected chi connectivity index (χ3v) is 5.58. The summed E-state index contributed by atoms with van der Waals surface area (Å²) in [6.07, 6.45) is 1.09. The molecule has 2 rings (SSSR count). The minimum Gasteiger partial charge on any atom is -0.491 e. The molecule has 0 unspecified atom stereocenters. The number of halogens is 1. The molecule has 0 aliphatic carbocycles. The van der Waals surface area contributed by atoms with E-state index in [1.165, 1.54) is 19.1 Å². The minimum absolute atomic E-state index is 0.0223. The first kappa shape index (κ1) is 18.3. The van der Waals surface area contributed by atoms with Gasteiger partial charge >= 0.3 is 0 Å². The van der Waals surface area contributed by atoms with Crippen LogP contribution in [0.3, 0.4) is 0 Å². The summed E-state index contributed by atoms with van der Waals surface area (Å²) in [4.78, 5) is 16.4. The first-order valence-corrected chi connectivity index (χ1v) is 9.23. The molecule has 0 radical (unpaired) electrons. The summed E-state index contributed by atoms with van der Waals surface area (Å²) >= 11 is 6.25. The summed E-state index contributed by atoms with van der Waals surface area (Å²) in [5.41, 5.74) is 0.293. The van der Waals surface area contributed by atoms with Crippen molar-refractivity contribution in [2.45, 2.75) is 25.7 Å². The van der Waals surface area contributed by atoms with E-state index in [0.717, 1.165) is 6.33 Å². The number of hydrogen-bond donors (Lipinski definition) is 1. The largest absolute Gasteiger partial charge is 0.491 e. The lowest BCUT2D eigenvalue weighted by Crippen LogP contribution is -2.13. The molecule has 0 aliphatic heterocycles. The molecule has 1 heterocycles. The Hall–Kier alpha value is -2.06. The highest BCUT2D eigenvalue weighted by Gasteiger charge is 2.27. The fourth-order valence-corrected chi connectivity index (χ4v) is 3.61. The molecule has 1 aromatic heterocycles. The van der Waals surface area contributed by atoms with Crippen molar-refractivity contribution >= 4 is 27.2 Å². The van der Waals surface area contributed by atoms with E-state index in [1.54, 1.807) is 13.8 Å². The molecular formula is C15H17ClN2O5S. The molecule has 0 saturated heterocycles. The first-order chi connectivity index (χ1) is 11.2. The second-order valence-corrected chi connectivity index (χ2v) is 7.57. The molecule has 0 amide bonds. The molecule has 24 heavy (non-hydrogen) atoms. The monoisotopic (exact) mass is 372 g/mol. The van der Waals surface area contributed by atoms with Gasteiger partial charge in [-0.15, -0.1) is 0 Å². The number of rotatable bonds is 6. The average molecular weight is 373 g/mol. The lowest BCUT2D eigenvalue weighted by molar-refractivity contribution is 0.0983. The van der Waals surface area contributed by atoms with Crippen molar-refractivity contribution in [2.24, 2.45) is 0 Å². The Labute approximate surface area is 144 Å². The van der Waals surface area contributed by atoms with Gasteiger partial charge in [-0.25, -0.2) is 13.4 Å². The van der Waals surface area contributed by atoms with Crippen LogP contribution in [0.1, 0.15) is 35.6 Å². The van der Waals surface area contributed by atoms with E-state index in [9.17, 15) is 18.4 Å². The van der Waals surface area contributed by atoms with Crippen LogP contribution in [0, 0.1) is 6.92 Å². The SMILES string of the molecule is CCOc1c(S(=O)(=O)CC)ccc(C(=O)c2c(C)ncn2O)c1Cl. The standard InChI is InChI=1S/C15H17ClN2O5S/c1-4-23-15-11(24(21,22)5-2)7-6-10(12(15)16)14(19)13-9(3)17-8-18(13)20/h6-8,20H,4-5H2,1-3H3. The number of imidazole rings is 1. The maximum Gasteiger partial charge on any atom is 0.216 e. The number of hydrogen-bond acceptors (Lipinski definition) is 6. The number of carbonyl (C=O) groups excluding carboxylic acids is 1. The summed E-state index contributed by atoms with van der Waals surface area (Å²) in [6.45, 7) is 4.93. The fraction of sp³-hybridized carbons (Fsp3) is 0.333. The van der Waals surface area contributed by atoms with Gasteiger partial charge in [-0.1, -0.05) is 18.5 Å². The molecular weight excluding hydrogens is 356 g/mol. The van der Waals surface area contributed by atoms with E-state index in [4.69, 9.17) is 16.3 Å². The third-order valence-electron chi connectivity index (χ3n) is 3.46. The van der Waals surface area contributed by atoms with E-state index in [-0.39, 0.29) is 39.3 Å². The minimum atomic E-state index is -3.57. The van der Waals surface area contributed by atoms with Crippen molar-refractivity contribution in [1.29, 1.82) is 0 Å². The van der Waals surface area contributed by atoms with Crippen LogP contribution in [0.2, 0.25) is 5.02 Å². The Morgan fingerprint density at radius 3 is 2.54 bits per heavy atom. The molecule has 1 aromatic carbocycles. The normalized spacial score (nSPS) is 11.5. The quantitative estimate of drug-likeness (QED) is 0.618. The highest BCUT2D eigenvalue weighted by atomic mass is 35.5. The van der Waals surface area contributed by atoms with Crippen molar-refractivity contribution < 1.29 is 23.2 Å². The van der Waals surface area contributed by atoms with E-state index < -0.39 is 15.6 Å². The molecule has 9 heteroatoms. The number of sulfone groups is 1. The summed E-state index contributed by atoms with van der Waals surface area (Å²) < 4.78 is 30.4. The zero-order valence-electron chi connectivity index (χ0n) is 13.4. The number of benzene rings is 1. The summed E-state index contributed by atoms with van der Waals surface area (Å²) in [5.74, 6) is -0.772. The highest BCUT2D eigenvalue weighted by molar-refractivity contribution is 7.91.